The normalized spacial score (nSPS) is 19.9. The molecule has 112 valence electrons. The molecule has 1 aliphatic heterocycles. The first-order chi connectivity index (χ1) is 9.83. The van der Waals surface area contributed by atoms with Crippen molar-refractivity contribution in [3.8, 4) is 0 Å². The van der Waals surface area contributed by atoms with Crippen LogP contribution in [0.4, 0.5) is 5.82 Å². The van der Waals surface area contributed by atoms with Crippen LogP contribution in [0.15, 0.2) is 12.4 Å². The van der Waals surface area contributed by atoms with E-state index >= 15 is 0 Å². The molecule has 2 heterocycles. The molecule has 1 N–H and O–H groups in total. The predicted molar refractivity (Wildman–Crippen MR) is 83.9 cm³/mol. The molecule has 0 spiro atoms. The minimum atomic E-state index is 0.809. The van der Waals surface area contributed by atoms with Crippen LogP contribution in [0.25, 0.3) is 0 Å². The molecule has 0 aromatic carbocycles. The molecule has 1 atom stereocenters. The van der Waals surface area contributed by atoms with Crippen LogP contribution in [-0.4, -0.2) is 29.6 Å². The molecule has 20 heavy (non-hydrogen) atoms. The Kier molecular flexibility index (Phi) is 6.25. The summed E-state index contributed by atoms with van der Waals surface area (Å²) in [7, 11) is 0. The van der Waals surface area contributed by atoms with Crippen molar-refractivity contribution < 1.29 is 0 Å². The van der Waals surface area contributed by atoms with Crippen molar-refractivity contribution in [2.24, 2.45) is 5.92 Å². The average Bonchev–Trinajstić information content (AvgIpc) is 2.72. The lowest BCUT2D eigenvalue weighted by molar-refractivity contribution is 0.435. The number of nitrogens with one attached hydrogen (secondary N) is 1. The molecular weight excluding hydrogens is 248 g/mol. The molecule has 4 heteroatoms. The molecule has 0 bridgehead atoms. The lowest BCUT2D eigenvalue weighted by Gasteiger charge is -2.21. The molecule has 1 saturated heterocycles. The molecule has 1 aliphatic rings. The zero-order chi connectivity index (χ0) is 14.2. The summed E-state index contributed by atoms with van der Waals surface area (Å²) in [6.07, 6.45) is 10.4. The highest BCUT2D eigenvalue weighted by molar-refractivity contribution is 5.36. The van der Waals surface area contributed by atoms with Gasteiger partial charge >= 0.3 is 0 Å². The molecule has 4 nitrogen and oxygen atoms in total. The Morgan fingerprint density at radius 2 is 2.15 bits per heavy atom. The molecule has 0 saturated carbocycles. The van der Waals surface area contributed by atoms with Crippen LogP contribution in [0.3, 0.4) is 0 Å². The maximum Gasteiger partial charge on any atom is 0.147 e. The summed E-state index contributed by atoms with van der Waals surface area (Å²) >= 11 is 0. The molecule has 0 amide bonds. The third-order valence-electron chi connectivity index (χ3n) is 4.10. The molecule has 1 fully saturated rings. The lowest BCUT2D eigenvalue weighted by Crippen LogP contribution is -2.26. The van der Waals surface area contributed by atoms with Crippen LogP contribution in [0, 0.1) is 5.92 Å². The minimum absolute atomic E-state index is 0.809. The van der Waals surface area contributed by atoms with Crippen molar-refractivity contribution in [2.75, 3.05) is 24.5 Å². The van der Waals surface area contributed by atoms with E-state index in [0.29, 0.717) is 0 Å². The zero-order valence-electron chi connectivity index (χ0n) is 12.9. The van der Waals surface area contributed by atoms with Gasteiger partial charge in [0.15, 0.2) is 0 Å². The molecule has 0 aliphatic carbocycles. The van der Waals surface area contributed by atoms with E-state index in [0.717, 1.165) is 43.6 Å². The second-order valence-corrected chi connectivity index (χ2v) is 5.72. The average molecular weight is 276 g/mol. The van der Waals surface area contributed by atoms with Gasteiger partial charge in [0, 0.05) is 25.8 Å². The quantitative estimate of drug-likeness (QED) is 0.867. The van der Waals surface area contributed by atoms with Gasteiger partial charge in [-0.3, -0.25) is 4.98 Å². The van der Waals surface area contributed by atoms with Crippen molar-refractivity contribution in [2.45, 2.75) is 52.5 Å². The SMILES string of the molecule is CCCC1CCCN(c2cncc(CNCC)n2)CC1. The summed E-state index contributed by atoms with van der Waals surface area (Å²) in [6.45, 7) is 8.43. The zero-order valence-corrected chi connectivity index (χ0v) is 12.9. The second kappa shape index (κ2) is 8.20. The monoisotopic (exact) mass is 276 g/mol. The molecular formula is C16H28N4. The number of hydrogen-bond donors (Lipinski definition) is 1. The Labute approximate surface area is 123 Å². The maximum absolute atomic E-state index is 4.75. The Hall–Kier alpha value is -1.16. The number of aromatic nitrogens is 2. The van der Waals surface area contributed by atoms with E-state index in [1.165, 1.54) is 32.1 Å². The third-order valence-corrected chi connectivity index (χ3v) is 4.10. The summed E-state index contributed by atoms with van der Waals surface area (Å²) < 4.78 is 0. The van der Waals surface area contributed by atoms with Crippen molar-refractivity contribution in [1.29, 1.82) is 0 Å². The van der Waals surface area contributed by atoms with Crippen LogP contribution < -0.4 is 10.2 Å². The first kappa shape index (κ1) is 15.2. The van der Waals surface area contributed by atoms with Crippen molar-refractivity contribution in [1.82, 2.24) is 15.3 Å². The van der Waals surface area contributed by atoms with E-state index in [2.05, 4.69) is 29.0 Å². The van der Waals surface area contributed by atoms with Crippen LogP contribution in [-0.2, 0) is 6.54 Å². The fraction of sp³-hybridized carbons (Fsp3) is 0.750. The van der Waals surface area contributed by atoms with Gasteiger partial charge < -0.3 is 10.2 Å². The summed E-state index contributed by atoms with van der Waals surface area (Å²) in [5, 5.41) is 3.31. The Bertz CT molecular complexity index is 394. The van der Waals surface area contributed by atoms with Crippen LogP contribution in [0.1, 0.15) is 51.6 Å². The van der Waals surface area contributed by atoms with Gasteiger partial charge in [0.05, 0.1) is 11.9 Å². The number of hydrogen-bond acceptors (Lipinski definition) is 4. The summed E-state index contributed by atoms with van der Waals surface area (Å²) in [5.74, 6) is 1.96. The van der Waals surface area contributed by atoms with Crippen molar-refractivity contribution in [3.63, 3.8) is 0 Å². The van der Waals surface area contributed by atoms with E-state index in [1.807, 2.05) is 12.4 Å². The number of anilines is 1. The largest absolute Gasteiger partial charge is 0.355 e. The van der Waals surface area contributed by atoms with E-state index in [1.54, 1.807) is 0 Å². The van der Waals surface area contributed by atoms with Gasteiger partial charge in [0.25, 0.3) is 0 Å². The first-order valence-electron chi connectivity index (χ1n) is 8.10. The predicted octanol–water partition coefficient (Wildman–Crippen LogP) is 2.99. The fourth-order valence-electron chi connectivity index (χ4n) is 2.98. The Morgan fingerprint density at radius 1 is 1.25 bits per heavy atom. The molecule has 1 aromatic rings. The maximum atomic E-state index is 4.75. The van der Waals surface area contributed by atoms with Gasteiger partial charge in [0.1, 0.15) is 5.82 Å². The van der Waals surface area contributed by atoms with E-state index < -0.39 is 0 Å². The lowest BCUT2D eigenvalue weighted by atomic mass is 9.96. The van der Waals surface area contributed by atoms with Gasteiger partial charge in [-0.2, -0.15) is 0 Å². The Balaban J connectivity index is 1.96. The molecule has 1 aromatic heterocycles. The van der Waals surface area contributed by atoms with Crippen LogP contribution in [0.5, 0.6) is 0 Å². The minimum Gasteiger partial charge on any atom is -0.355 e. The standard InChI is InChI=1S/C16H28N4/c1-3-6-14-7-5-9-20(10-8-14)16-13-18-12-15(19-16)11-17-4-2/h12-14,17H,3-11H2,1-2H3. The van der Waals surface area contributed by atoms with Crippen LogP contribution >= 0.6 is 0 Å². The van der Waals surface area contributed by atoms with E-state index in [-0.39, 0.29) is 0 Å². The molecule has 2 rings (SSSR count). The third kappa shape index (κ3) is 4.44. The second-order valence-electron chi connectivity index (χ2n) is 5.72. The van der Waals surface area contributed by atoms with Crippen molar-refractivity contribution >= 4 is 5.82 Å². The summed E-state index contributed by atoms with van der Waals surface area (Å²) in [6, 6.07) is 0. The van der Waals surface area contributed by atoms with Gasteiger partial charge in [-0.15, -0.1) is 0 Å². The van der Waals surface area contributed by atoms with E-state index in [4.69, 9.17) is 4.98 Å². The molecule has 0 radical (unpaired) electrons. The number of nitrogens with zero attached hydrogens (tertiary/aromatic N) is 3. The van der Waals surface area contributed by atoms with E-state index in [9.17, 15) is 0 Å². The fourth-order valence-corrected chi connectivity index (χ4v) is 2.98. The van der Waals surface area contributed by atoms with Gasteiger partial charge in [-0.05, 0) is 31.7 Å². The molecule has 1 unspecified atom stereocenters. The smallest absolute Gasteiger partial charge is 0.147 e. The topological polar surface area (TPSA) is 41.1 Å². The first-order valence-corrected chi connectivity index (χ1v) is 8.10. The highest BCUT2D eigenvalue weighted by Gasteiger charge is 2.17. The summed E-state index contributed by atoms with van der Waals surface area (Å²) in [4.78, 5) is 11.5. The number of rotatable bonds is 6. The van der Waals surface area contributed by atoms with Gasteiger partial charge in [0.2, 0.25) is 0 Å². The highest BCUT2D eigenvalue weighted by atomic mass is 15.2. The summed E-state index contributed by atoms with van der Waals surface area (Å²) in [5.41, 5.74) is 1.04. The Morgan fingerprint density at radius 3 is 2.95 bits per heavy atom. The highest BCUT2D eigenvalue weighted by Crippen LogP contribution is 2.24. The van der Waals surface area contributed by atoms with Crippen LogP contribution in [0.2, 0.25) is 0 Å². The van der Waals surface area contributed by atoms with Crippen molar-refractivity contribution in [3.05, 3.63) is 18.1 Å². The van der Waals surface area contributed by atoms with Gasteiger partial charge in [-0.25, -0.2) is 4.98 Å². The van der Waals surface area contributed by atoms with Gasteiger partial charge in [-0.1, -0.05) is 26.7 Å².